The molecule has 2 rings (SSSR count). The van der Waals surface area contributed by atoms with E-state index in [0.717, 1.165) is 6.42 Å². The van der Waals surface area contributed by atoms with Crippen LogP contribution in [0.3, 0.4) is 0 Å². The number of carboxylic acids is 1. The molecule has 0 bridgehead atoms. The van der Waals surface area contributed by atoms with Crippen LogP contribution in [-0.2, 0) is 4.79 Å². The van der Waals surface area contributed by atoms with E-state index in [4.69, 9.17) is 5.11 Å². The predicted octanol–water partition coefficient (Wildman–Crippen LogP) is 1.71. The maximum absolute atomic E-state index is 11.0. The average molecular weight is 237 g/mol. The number of hydrogen-bond acceptors (Lipinski definition) is 3. The third-order valence-corrected chi connectivity index (χ3v) is 3.59. The third-order valence-electron chi connectivity index (χ3n) is 2.34. The third kappa shape index (κ3) is 2.36. The summed E-state index contributed by atoms with van der Waals surface area (Å²) in [6.07, 6.45) is 1.27. The van der Waals surface area contributed by atoms with Gasteiger partial charge in [0.25, 0.3) is 0 Å². The van der Waals surface area contributed by atoms with Gasteiger partial charge in [-0.25, -0.2) is 4.79 Å². The van der Waals surface area contributed by atoms with Crippen molar-refractivity contribution in [3.63, 3.8) is 0 Å². The highest BCUT2D eigenvalue weighted by molar-refractivity contribution is 8.00. The van der Waals surface area contributed by atoms with Crippen LogP contribution in [-0.4, -0.2) is 22.4 Å². The van der Waals surface area contributed by atoms with E-state index in [9.17, 15) is 9.59 Å². The zero-order valence-electron chi connectivity index (χ0n) is 8.47. The Morgan fingerprint density at radius 1 is 1.44 bits per heavy atom. The topological polar surface area (TPSA) is 66.4 Å². The van der Waals surface area contributed by atoms with Gasteiger partial charge < -0.3 is 10.4 Å². The molecule has 0 aliphatic carbocycles. The number of amides is 1. The Morgan fingerprint density at radius 2 is 2.19 bits per heavy atom. The van der Waals surface area contributed by atoms with Gasteiger partial charge in [-0.05, 0) is 18.6 Å². The van der Waals surface area contributed by atoms with E-state index in [1.54, 1.807) is 24.3 Å². The van der Waals surface area contributed by atoms with Crippen LogP contribution in [0.25, 0.3) is 0 Å². The van der Waals surface area contributed by atoms with Crippen LogP contribution in [0.5, 0.6) is 0 Å². The molecule has 1 aromatic carbocycles. The van der Waals surface area contributed by atoms with Crippen LogP contribution in [0.2, 0.25) is 0 Å². The van der Waals surface area contributed by atoms with Gasteiger partial charge in [0, 0.05) is 11.3 Å². The quantitative estimate of drug-likeness (QED) is 0.840. The summed E-state index contributed by atoms with van der Waals surface area (Å²) < 4.78 is 0. The molecule has 16 heavy (non-hydrogen) atoms. The van der Waals surface area contributed by atoms with Crippen LogP contribution in [0, 0.1) is 0 Å². The molecule has 1 amide bonds. The normalized spacial score (nSPS) is 19.5. The van der Waals surface area contributed by atoms with Crippen molar-refractivity contribution >= 4 is 23.6 Å². The van der Waals surface area contributed by atoms with Gasteiger partial charge in [-0.1, -0.05) is 12.1 Å². The van der Waals surface area contributed by atoms with E-state index in [1.807, 2.05) is 0 Å². The van der Waals surface area contributed by atoms with Crippen molar-refractivity contribution < 1.29 is 14.7 Å². The van der Waals surface area contributed by atoms with Crippen molar-refractivity contribution in [3.8, 4) is 0 Å². The second kappa shape index (κ2) is 4.57. The highest BCUT2D eigenvalue weighted by Crippen LogP contribution is 2.30. The smallest absolute Gasteiger partial charge is 0.336 e. The van der Waals surface area contributed by atoms with E-state index in [1.165, 1.54) is 11.8 Å². The highest BCUT2D eigenvalue weighted by Gasteiger charge is 2.23. The van der Waals surface area contributed by atoms with Crippen molar-refractivity contribution in [3.05, 3.63) is 29.8 Å². The number of thioether (sulfide) groups is 1. The predicted molar refractivity (Wildman–Crippen MR) is 60.4 cm³/mol. The Balaban J connectivity index is 2.14. The molecular formula is C11H11NO3S. The number of benzene rings is 1. The molecule has 0 saturated carbocycles. The molecule has 0 radical (unpaired) electrons. The van der Waals surface area contributed by atoms with Crippen molar-refractivity contribution in [1.29, 1.82) is 0 Å². The highest BCUT2D eigenvalue weighted by atomic mass is 32.2. The van der Waals surface area contributed by atoms with Crippen LogP contribution in [0.15, 0.2) is 29.2 Å². The Morgan fingerprint density at radius 3 is 2.81 bits per heavy atom. The lowest BCUT2D eigenvalue weighted by molar-refractivity contribution is -0.119. The lowest BCUT2D eigenvalue weighted by Crippen LogP contribution is -2.22. The lowest BCUT2D eigenvalue weighted by Gasteiger charge is -2.11. The molecule has 0 spiro atoms. The molecule has 5 heteroatoms. The number of hydrogen-bond donors (Lipinski definition) is 2. The average Bonchev–Trinajstić information content (AvgIpc) is 2.64. The first-order valence-corrected chi connectivity index (χ1v) is 5.83. The minimum Gasteiger partial charge on any atom is -0.478 e. The zero-order valence-corrected chi connectivity index (χ0v) is 9.29. The van der Waals surface area contributed by atoms with E-state index in [-0.39, 0.29) is 16.8 Å². The molecule has 1 aliphatic heterocycles. The number of carbonyl (C=O) groups excluding carboxylic acids is 1. The fourth-order valence-electron chi connectivity index (χ4n) is 1.57. The van der Waals surface area contributed by atoms with Gasteiger partial charge in [-0.15, -0.1) is 11.8 Å². The van der Waals surface area contributed by atoms with Crippen LogP contribution < -0.4 is 5.32 Å². The maximum atomic E-state index is 11.0. The van der Waals surface area contributed by atoms with Gasteiger partial charge >= 0.3 is 5.97 Å². The van der Waals surface area contributed by atoms with E-state index in [0.29, 0.717) is 11.3 Å². The van der Waals surface area contributed by atoms with Gasteiger partial charge in [0.2, 0.25) is 5.91 Å². The van der Waals surface area contributed by atoms with Crippen LogP contribution in [0.1, 0.15) is 23.2 Å². The van der Waals surface area contributed by atoms with Gasteiger partial charge in [0.15, 0.2) is 0 Å². The zero-order chi connectivity index (χ0) is 11.5. The van der Waals surface area contributed by atoms with Gasteiger partial charge in [-0.3, -0.25) is 4.79 Å². The molecule has 0 aromatic heterocycles. The summed E-state index contributed by atoms with van der Waals surface area (Å²) in [4.78, 5) is 22.7. The number of aromatic carboxylic acids is 1. The SMILES string of the molecule is O=C1CC[C@H](Sc2ccccc2C(=O)O)N1. The van der Waals surface area contributed by atoms with E-state index < -0.39 is 5.97 Å². The molecule has 1 fully saturated rings. The molecular weight excluding hydrogens is 226 g/mol. The van der Waals surface area contributed by atoms with Crippen LogP contribution in [0.4, 0.5) is 0 Å². The summed E-state index contributed by atoms with van der Waals surface area (Å²) in [6, 6.07) is 6.83. The summed E-state index contributed by atoms with van der Waals surface area (Å²) in [5, 5.41) is 11.8. The Kier molecular flexibility index (Phi) is 3.14. The van der Waals surface area contributed by atoms with Gasteiger partial charge in [-0.2, -0.15) is 0 Å². The van der Waals surface area contributed by atoms with Crippen molar-refractivity contribution in [2.75, 3.05) is 0 Å². The maximum Gasteiger partial charge on any atom is 0.336 e. The first kappa shape index (κ1) is 11.0. The molecule has 0 unspecified atom stereocenters. The van der Waals surface area contributed by atoms with Gasteiger partial charge in [0.05, 0.1) is 10.9 Å². The van der Waals surface area contributed by atoms with Crippen LogP contribution >= 0.6 is 11.8 Å². The molecule has 2 N–H and O–H groups in total. The first-order valence-electron chi connectivity index (χ1n) is 4.95. The van der Waals surface area contributed by atoms with Crippen molar-refractivity contribution in [2.24, 2.45) is 0 Å². The summed E-state index contributed by atoms with van der Waals surface area (Å²) in [6.45, 7) is 0. The summed E-state index contributed by atoms with van der Waals surface area (Å²) in [5.41, 5.74) is 0.286. The number of carboxylic acid groups (broad SMARTS) is 1. The monoisotopic (exact) mass is 237 g/mol. The summed E-state index contributed by atoms with van der Waals surface area (Å²) in [5.74, 6) is -0.905. The molecule has 1 heterocycles. The molecule has 1 aromatic rings. The fourth-order valence-corrected chi connectivity index (χ4v) is 2.75. The summed E-state index contributed by atoms with van der Waals surface area (Å²) in [7, 11) is 0. The molecule has 4 nitrogen and oxygen atoms in total. The second-order valence-corrected chi connectivity index (χ2v) is 4.76. The fraction of sp³-hybridized carbons (Fsp3) is 0.273. The standard InChI is InChI=1S/C11H11NO3S/c13-9-5-6-10(12-9)16-8-4-2-1-3-7(8)11(14)15/h1-4,10H,5-6H2,(H,12,13)(H,14,15)/t10-/m0/s1. The van der Waals surface area contributed by atoms with E-state index in [2.05, 4.69) is 5.32 Å². The largest absolute Gasteiger partial charge is 0.478 e. The second-order valence-electron chi connectivity index (χ2n) is 3.51. The number of carbonyl (C=O) groups is 2. The molecule has 1 atom stereocenters. The lowest BCUT2D eigenvalue weighted by atomic mass is 10.2. The van der Waals surface area contributed by atoms with E-state index >= 15 is 0 Å². The minimum absolute atomic E-state index is 0.00648. The molecule has 1 saturated heterocycles. The Hall–Kier alpha value is -1.49. The molecule has 1 aliphatic rings. The van der Waals surface area contributed by atoms with Crippen molar-refractivity contribution in [1.82, 2.24) is 5.32 Å². The molecule has 84 valence electrons. The number of rotatable bonds is 3. The summed E-state index contributed by atoms with van der Waals surface area (Å²) >= 11 is 1.40. The minimum atomic E-state index is -0.938. The number of nitrogens with one attached hydrogen (secondary N) is 1. The van der Waals surface area contributed by atoms with Crippen molar-refractivity contribution in [2.45, 2.75) is 23.1 Å². The Labute approximate surface area is 97.0 Å². The van der Waals surface area contributed by atoms with Gasteiger partial charge in [0.1, 0.15) is 0 Å². The Bertz CT molecular complexity index is 433. The first-order chi connectivity index (χ1) is 7.66.